The maximum atomic E-state index is 4.20. The van der Waals surface area contributed by atoms with Crippen molar-refractivity contribution < 1.29 is 0 Å². The summed E-state index contributed by atoms with van der Waals surface area (Å²) in [5, 5.41) is 0. The average molecular weight is 195 g/mol. The Bertz CT molecular complexity index is 243. The minimum atomic E-state index is 0.955. The van der Waals surface area contributed by atoms with Crippen molar-refractivity contribution in [2.75, 3.05) is 24.2 Å². The minimum absolute atomic E-state index is 0.955. The normalized spacial score (nSPS) is 10.1. The minimum Gasteiger partial charge on any atom is -0.375 e. The lowest BCUT2D eigenvalue weighted by atomic mass is 10.2. The van der Waals surface area contributed by atoms with E-state index >= 15 is 0 Å². The molecule has 72 valence electrons. The molecule has 0 radical (unpaired) electrons. The molecule has 0 fully saturated rings. The van der Waals surface area contributed by atoms with Crippen LogP contribution in [0.4, 0.5) is 5.69 Å². The third-order valence-corrected chi connectivity index (χ3v) is 2.44. The largest absolute Gasteiger partial charge is 0.375 e. The second-order valence-corrected chi connectivity index (χ2v) is 3.78. The number of rotatable bonds is 4. The van der Waals surface area contributed by atoms with Gasteiger partial charge in [-0.2, -0.15) is 12.6 Å². The molecule has 2 heteroatoms. The molecule has 0 saturated carbocycles. The summed E-state index contributed by atoms with van der Waals surface area (Å²) in [6.45, 7) is 3.18. The summed E-state index contributed by atoms with van der Waals surface area (Å²) >= 11 is 4.20. The van der Waals surface area contributed by atoms with E-state index in [0.29, 0.717) is 0 Å². The second kappa shape index (κ2) is 5.18. The standard InChI is InChI=1S/C11H17NS/c1-10-4-6-11(7-5-10)12(2)8-3-9-13/h4-7,13H,3,8-9H2,1-2H3. The first-order valence-electron chi connectivity index (χ1n) is 4.62. The van der Waals surface area contributed by atoms with Crippen LogP contribution in [0.2, 0.25) is 0 Å². The Morgan fingerprint density at radius 2 is 1.85 bits per heavy atom. The van der Waals surface area contributed by atoms with Gasteiger partial charge in [-0.15, -0.1) is 0 Å². The molecular formula is C11H17NS. The lowest BCUT2D eigenvalue weighted by Crippen LogP contribution is -2.18. The fourth-order valence-corrected chi connectivity index (χ4v) is 1.38. The summed E-state index contributed by atoms with van der Waals surface area (Å²) in [6, 6.07) is 8.61. The molecule has 0 aliphatic carbocycles. The summed E-state index contributed by atoms with van der Waals surface area (Å²) in [7, 11) is 2.12. The maximum absolute atomic E-state index is 4.20. The number of nitrogens with zero attached hydrogens (tertiary/aromatic N) is 1. The van der Waals surface area contributed by atoms with Crippen molar-refractivity contribution in [1.29, 1.82) is 0 Å². The SMILES string of the molecule is Cc1ccc(N(C)CCCS)cc1. The van der Waals surface area contributed by atoms with Crippen LogP contribution in [-0.4, -0.2) is 19.3 Å². The van der Waals surface area contributed by atoms with Crippen molar-refractivity contribution in [2.45, 2.75) is 13.3 Å². The van der Waals surface area contributed by atoms with E-state index in [-0.39, 0.29) is 0 Å². The van der Waals surface area contributed by atoms with Gasteiger partial charge in [0.05, 0.1) is 0 Å². The van der Waals surface area contributed by atoms with Gasteiger partial charge in [-0.25, -0.2) is 0 Å². The van der Waals surface area contributed by atoms with Gasteiger partial charge in [0, 0.05) is 19.3 Å². The molecule has 0 spiro atoms. The van der Waals surface area contributed by atoms with Crippen LogP contribution in [0.3, 0.4) is 0 Å². The highest BCUT2D eigenvalue weighted by atomic mass is 32.1. The molecule has 13 heavy (non-hydrogen) atoms. The number of aryl methyl sites for hydroxylation is 1. The smallest absolute Gasteiger partial charge is 0.0363 e. The van der Waals surface area contributed by atoms with Crippen LogP contribution in [0.1, 0.15) is 12.0 Å². The molecule has 0 saturated heterocycles. The summed E-state index contributed by atoms with van der Waals surface area (Å²) in [6.07, 6.45) is 1.13. The Labute approximate surface area is 86.2 Å². The first kappa shape index (κ1) is 10.5. The van der Waals surface area contributed by atoms with E-state index in [9.17, 15) is 0 Å². The van der Waals surface area contributed by atoms with E-state index in [1.54, 1.807) is 0 Å². The monoisotopic (exact) mass is 195 g/mol. The van der Waals surface area contributed by atoms with Gasteiger partial charge in [0.25, 0.3) is 0 Å². The zero-order valence-electron chi connectivity index (χ0n) is 8.33. The highest BCUT2D eigenvalue weighted by Gasteiger charge is 1.98. The summed E-state index contributed by atoms with van der Waals surface area (Å²) < 4.78 is 0. The topological polar surface area (TPSA) is 3.24 Å². The molecule has 0 atom stereocenters. The molecule has 1 aromatic rings. The van der Waals surface area contributed by atoms with Gasteiger partial charge in [-0.1, -0.05) is 17.7 Å². The van der Waals surface area contributed by atoms with E-state index in [2.05, 4.69) is 55.8 Å². The molecule has 0 heterocycles. The lowest BCUT2D eigenvalue weighted by molar-refractivity contribution is 0.861. The van der Waals surface area contributed by atoms with Gasteiger partial charge in [-0.3, -0.25) is 0 Å². The van der Waals surface area contributed by atoms with Crippen molar-refractivity contribution in [3.05, 3.63) is 29.8 Å². The number of hydrogen-bond donors (Lipinski definition) is 1. The average Bonchev–Trinajstić information content (AvgIpc) is 2.15. The Morgan fingerprint density at radius 1 is 1.23 bits per heavy atom. The van der Waals surface area contributed by atoms with E-state index in [1.165, 1.54) is 11.3 Å². The van der Waals surface area contributed by atoms with Crippen molar-refractivity contribution in [3.63, 3.8) is 0 Å². The predicted octanol–water partition coefficient (Wildman–Crippen LogP) is 2.75. The molecule has 0 aliphatic heterocycles. The fourth-order valence-electron chi connectivity index (χ4n) is 1.24. The van der Waals surface area contributed by atoms with E-state index < -0.39 is 0 Å². The van der Waals surface area contributed by atoms with Crippen LogP contribution in [-0.2, 0) is 0 Å². The van der Waals surface area contributed by atoms with Crippen LogP contribution in [0.15, 0.2) is 24.3 Å². The highest BCUT2D eigenvalue weighted by molar-refractivity contribution is 7.80. The number of thiol groups is 1. The van der Waals surface area contributed by atoms with E-state index in [0.717, 1.165) is 18.7 Å². The number of benzene rings is 1. The van der Waals surface area contributed by atoms with Crippen LogP contribution < -0.4 is 4.90 Å². The molecule has 0 bridgehead atoms. The second-order valence-electron chi connectivity index (χ2n) is 3.33. The van der Waals surface area contributed by atoms with Gasteiger partial charge in [0.1, 0.15) is 0 Å². The van der Waals surface area contributed by atoms with Gasteiger partial charge < -0.3 is 4.90 Å². The quantitative estimate of drug-likeness (QED) is 0.723. The van der Waals surface area contributed by atoms with Crippen LogP contribution in [0, 0.1) is 6.92 Å². The molecule has 1 nitrogen and oxygen atoms in total. The van der Waals surface area contributed by atoms with Crippen molar-refractivity contribution in [2.24, 2.45) is 0 Å². The molecular weight excluding hydrogens is 178 g/mol. The van der Waals surface area contributed by atoms with Crippen molar-refractivity contribution >= 4 is 18.3 Å². The maximum Gasteiger partial charge on any atom is 0.0363 e. The Balaban J connectivity index is 2.55. The van der Waals surface area contributed by atoms with Gasteiger partial charge in [0.15, 0.2) is 0 Å². The lowest BCUT2D eigenvalue weighted by Gasteiger charge is -2.18. The van der Waals surface area contributed by atoms with Crippen molar-refractivity contribution in [3.8, 4) is 0 Å². The Kier molecular flexibility index (Phi) is 4.16. The van der Waals surface area contributed by atoms with Crippen LogP contribution in [0.5, 0.6) is 0 Å². The van der Waals surface area contributed by atoms with Crippen LogP contribution in [0.25, 0.3) is 0 Å². The Hall–Kier alpha value is -0.630. The number of anilines is 1. The number of hydrogen-bond acceptors (Lipinski definition) is 2. The highest BCUT2D eigenvalue weighted by Crippen LogP contribution is 2.13. The predicted molar refractivity (Wildman–Crippen MR) is 62.9 cm³/mol. The summed E-state index contributed by atoms with van der Waals surface area (Å²) in [5.41, 5.74) is 2.60. The zero-order chi connectivity index (χ0) is 9.68. The van der Waals surface area contributed by atoms with E-state index in [1.807, 2.05) is 0 Å². The summed E-state index contributed by atoms with van der Waals surface area (Å²) in [5.74, 6) is 0.955. The molecule has 0 amide bonds. The fraction of sp³-hybridized carbons (Fsp3) is 0.455. The third-order valence-electron chi connectivity index (χ3n) is 2.13. The van der Waals surface area contributed by atoms with E-state index in [4.69, 9.17) is 0 Å². The molecule has 1 aromatic carbocycles. The molecule has 0 aliphatic rings. The van der Waals surface area contributed by atoms with Gasteiger partial charge >= 0.3 is 0 Å². The molecule has 0 aromatic heterocycles. The van der Waals surface area contributed by atoms with Crippen LogP contribution >= 0.6 is 12.6 Å². The zero-order valence-corrected chi connectivity index (χ0v) is 9.22. The first-order chi connectivity index (χ1) is 6.24. The van der Waals surface area contributed by atoms with Crippen molar-refractivity contribution in [1.82, 2.24) is 0 Å². The van der Waals surface area contributed by atoms with Gasteiger partial charge in [-0.05, 0) is 31.2 Å². The molecule has 0 unspecified atom stereocenters. The van der Waals surface area contributed by atoms with Gasteiger partial charge in [0.2, 0.25) is 0 Å². The molecule has 0 N–H and O–H groups in total. The molecule has 1 rings (SSSR count). The Morgan fingerprint density at radius 3 is 2.38 bits per heavy atom. The third kappa shape index (κ3) is 3.31. The summed E-state index contributed by atoms with van der Waals surface area (Å²) in [4.78, 5) is 2.26. The first-order valence-corrected chi connectivity index (χ1v) is 5.26.